The van der Waals surface area contributed by atoms with Crippen LogP contribution in [0, 0.1) is 6.92 Å². The maximum absolute atomic E-state index is 13.4. The molecule has 3 N–H and O–H groups in total. The maximum Gasteiger partial charge on any atom is 0.341 e. The number of rotatable bonds is 3. The number of halogens is 3. The fourth-order valence-corrected chi connectivity index (χ4v) is 2.35. The van der Waals surface area contributed by atoms with Gasteiger partial charge in [-0.05, 0) is 53.5 Å². The molecule has 1 aromatic heterocycles. The van der Waals surface area contributed by atoms with Crippen LogP contribution in [0.2, 0.25) is 0 Å². The van der Waals surface area contributed by atoms with Gasteiger partial charge < -0.3 is 10.7 Å². The molecule has 17 heavy (non-hydrogen) atoms. The normalized spacial score (nSPS) is 12.3. The minimum Gasteiger partial charge on any atom is -0.352 e. The summed E-state index contributed by atoms with van der Waals surface area (Å²) in [5.74, 6) is 0. The molecule has 0 saturated heterocycles. The van der Waals surface area contributed by atoms with Gasteiger partial charge in [0.15, 0.2) is 0 Å². The second-order valence-corrected chi connectivity index (χ2v) is 5.06. The molecular weight excluding hydrogens is 290 g/mol. The molecule has 2 rings (SSSR count). The van der Waals surface area contributed by atoms with Gasteiger partial charge >= 0.3 is 4.83 Å². The lowest BCUT2D eigenvalue weighted by molar-refractivity contribution is 0.109. The van der Waals surface area contributed by atoms with Crippen LogP contribution >= 0.6 is 15.9 Å². The first-order valence-electron chi connectivity index (χ1n) is 5.32. The molecule has 5 heteroatoms. The lowest BCUT2D eigenvalue weighted by Crippen LogP contribution is -2.10. The first kappa shape index (κ1) is 12.5. The summed E-state index contributed by atoms with van der Waals surface area (Å²) in [5, 5.41) is 0.824. The summed E-state index contributed by atoms with van der Waals surface area (Å²) in [4.78, 5) is -0.287. The molecule has 1 aromatic carbocycles. The van der Waals surface area contributed by atoms with Crippen molar-refractivity contribution in [2.75, 3.05) is 6.54 Å². The van der Waals surface area contributed by atoms with Crippen LogP contribution in [0.3, 0.4) is 0 Å². The number of nitrogens with one attached hydrogen (secondary N) is 1. The zero-order chi connectivity index (χ0) is 12.6. The minimum absolute atomic E-state index is 0.0939. The highest BCUT2D eigenvalue weighted by Gasteiger charge is 2.32. The third kappa shape index (κ3) is 2.35. The van der Waals surface area contributed by atoms with Gasteiger partial charge in [0, 0.05) is 10.9 Å². The second kappa shape index (κ2) is 4.38. The van der Waals surface area contributed by atoms with Gasteiger partial charge in [0.1, 0.15) is 5.69 Å². The molecule has 0 unspecified atom stereocenters. The predicted molar refractivity (Wildman–Crippen MR) is 68.6 cm³/mol. The second-order valence-electron chi connectivity index (χ2n) is 4.06. The molecule has 0 bridgehead atoms. The molecule has 0 saturated carbocycles. The third-order valence-corrected chi connectivity index (χ3v) is 3.14. The van der Waals surface area contributed by atoms with Crippen molar-refractivity contribution < 1.29 is 8.78 Å². The maximum atomic E-state index is 13.4. The van der Waals surface area contributed by atoms with Gasteiger partial charge in [-0.3, -0.25) is 0 Å². The molecule has 0 radical (unpaired) electrons. The summed E-state index contributed by atoms with van der Waals surface area (Å²) >= 11 is 2.40. The van der Waals surface area contributed by atoms with Gasteiger partial charge in [-0.2, -0.15) is 8.78 Å². The highest BCUT2D eigenvalue weighted by molar-refractivity contribution is 9.09. The molecule has 0 atom stereocenters. The fraction of sp³-hybridized carbons (Fsp3) is 0.333. The highest BCUT2D eigenvalue weighted by Crippen LogP contribution is 2.39. The number of alkyl halides is 3. The number of nitrogens with two attached hydrogens (primary N) is 1. The van der Waals surface area contributed by atoms with Gasteiger partial charge in [-0.1, -0.05) is 11.6 Å². The number of aromatic nitrogens is 1. The summed E-state index contributed by atoms with van der Waals surface area (Å²) in [6, 6.07) is 5.60. The first-order valence-corrected chi connectivity index (χ1v) is 6.11. The Balaban J connectivity index is 2.71. The lowest BCUT2D eigenvalue weighted by Gasteiger charge is -2.09. The summed E-state index contributed by atoms with van der Waals surface area (Å²) in [6.45, 7) is 2.28. The van der Waals surface area contributed by atoms with E-state index in [1.54, 1.807) is 0 Å². The quantitative estimate of drug-likeness (QED) is 0.838. The van der Waals surface area contributed by atoms with Crippen molar-refractivity contribution in [3.8, 4) is 0 Å². The average molecular weight is 303 g/mol. The van der Waals surface area contributed by atoms with E-state index in [-0.39, 0.29) is 5.69 Å². The summed E-state index contributed by atoms with van der Waals surface area (Å²) in [6.07, 6.45) is 0.431. The fourth-order valence-electron chi connectivity index (χ4n) is 2.01. The van der Waals surface area contributed by atoms with Crippen LogP contribution in [0.1, 0.15) is 16.8 Å². The van der Waals surface area contributed by atoms with Crippen LogP contribution in [-0.2, 0) is 11.3 Å². The minimum atomic E-state index is -3.05. The molecule has 0 aliphatic carbocycles. The Labute approximate surface area is 106 Å². The van der Waals surface area contributed by atoms with Gasteiger partial charge in [-0.15, -0.1) is 0 Å². The van der Waals surface area contributed by atoms with Crippen LogP contribution in [0.5, 0.6) is 0 Å². The third-order valence-electron chi connectivity index (χ3n) is 2.74. The van der Waals surface area contributed by atoms with Crippen molar-refractivity contribution in [1.29, 1.82) is 0 Å². The Bertz CT molecular complexity index is 543. The zero-order valence-corrected chi connectivity index (χ0v) is 10.9. The van der Waals surface area contributed by atoms with Crippen molar-refractivity contribution >= 4 is 26.8 Å². The zero-order valence-electron chi connectivity index (χ0n) is 9.36. The van der Waals surface area contributed by atoms with Crippen LogP contribution in [-0.4, -0.2) is 11.5 Å². The molecular formula is C12H13BrF2N2. The van der Waals surface area contributed by atoms with E-state index in [1.807, 2.05) is 25.1 Å². The molecule has 0 amide bonds. The number of hydrogen-bond donors (Lipinski definition) is 2. The van der Waals surface area contributed by atoms with Crippen molar-refractivity contribution in [3.05, 3.63) is 35.0 Å². The van der Waals surface area contributed by atoms with Gasteiger partial charge in [0.2, 0.25) is 0 Å². The molecule has 0 aliphatic rings. The lowest BCUT2D eigenvalue weighted by atomic mass is 10.1. The van der Waals surface area contributed by atoms with E-state index in [0.29, 0.717) is 24.0 Å². The monoisotopic (exact) mass is 302 g/mol. The number of hydrogen-bond acceptors (Lipinski definition) is 1. The van der Waals surface area contributed by atoms with Crippen molar-refractivity contribution in [2.45, 2.75) is 18.2 Å². The molecule has 0 aliphatic heterocycles. The number of benzene rings is 1. The van der Waals surface area contributed by atoms with Gasteiger partial charge in [0.05, 0.1) is 0 Å². The summed E-state index contributed by atoms with van der Waals surface area (Å²) in [5.41, 5.74) is 7.74. The van der Waals surface area contributed by atoms with E-state index in [4.69, 9.17) is 5.73 Å². The number of fused-ring (bicyclic) bond motifs is 1. The Morgan fingerprint density at radius 2 is 2.12 bits per heavy atom. The van der Waals surface area contributed by atoms with Gasteiger partial charge in [-0.25, -0.2) is 0 Å². The summed E-state index contributed by atoms with van der Waals surface area (Å²) < 4.78 is 26.8. The Morgan fingerprint density at radius 1 is 1.41 bits per heavy atom. The number of aryl methyl sites for hydroxylation is 1. The molecule has 2 aromatic rings. The molecule has 0 fully saturated rings. The van der Waals surface area contributed by atoms with E-state index in [2.05, 4.69) is 20.9 Å². The van der Waals surface area contributed by atoms with Crippen LogP contribution in [0.4, 0.5) is 8.78 Å². The molecule has 92 valence electrons. The van der Waals surface area contributed by atoms with Crippen molar-refractivity contribution in [2.24, 2.45) is 5.73 Å². The van der Waals surface area contributed by atoms with E-state index < -0.39 is 4.83 Å². The van der Waals surface area contributed by atoms with Crippen molar-refractivity contribution in [1.82, 2.24) is 4.98 Å². The Morgan fingerprint density at radius 3 is 2.71 bits per heavy atom. The molecule has 2 nitrogen and oxygen atoms in total. The topological polar surface area (TPSA) is 41.8 Å². The SMILES string of the molecule is Cc1ccc2[nH]c(C(F)(F)Br)c(CCN)c2c1. The Hall–Kier alpha value is -0.940. The first-order chi connectivity index (χ1) is 7.93. The average Bonchev–Trinajstić information content (AvgIpc) is 2.57. The standard InChI is InChI=1S/C12H13BrF2N2/c1-7-2-3-10-9(6-7)8(4-5-16)11(17-10)12(13,14)15/h2-3,6,17H,4-5,16H2,1H3. The molecule has 1 heterocycles. The highest BCUT2D eigenvalue weighted by atomic mass is 79.9. The van der Waals surface area contributed by atoms with Crippen molar-refractivity contribution in [3.63, 3.8) is 0 Å². The van der Waals surface area contributed by atoms with E-state index >= 15 is 0 Å². The molecule has 0 spiro atoms. The van der Waals surface area contributed by atoms with Gasteiger partial charge in [0.25, 0.3) is 0 Å². The number of H-pyrrole nitrogens is 1. The number of aromatic amines is 1. The predicted octanol–water partition coefficient (Wildman–Crippen LogP) is 3.42. The Kier molecular flexibility index (Phi) is 3.23. The van der Waals surface area contributed by atoms with Crippen LogP contribution < -0.4 is 5.73 Å². The summed E-state index contributed by atoms with van der Waals surface area (Å²) in [7, 11) is 0. The van der Waals surface area contributed by atoms with Crippen LogP contribution in [0.25, 0.3) is 10.9 Å². The van der Waals surface area contributed by atoms with E-state index in [1.165, 1.54) is 0 Å². The smallest absolute Gasteiger partial charge is 0.341 e. The van der Waals surface area contributed by atoms with E-state index in [9.17, 15) is 8.78 Å². The van der Waals surface area contributed by atoms with Crippen LogP contribution in [0.15, 0.2) is 18.2 Å². The largest absolute Gasteiger partial charge is 0.352 e. The van der Waals surface area contributed by atoms with E-state index in [0.717, 1.165) is 10.9 Å².